The Morgan fingerprint density at radius 2 is 2.17 bits per heavy atom. The van der Waals surface area contributed by atoms with Crippen LogP contribution in [0, 0.1) is 11.3 Å². The van der Waals surface area contributed by atoms with Gasteiger partial charge in [-0.2, -0.15) is 5.26 Å². The monoisotopic (exact) mass is 362 g/mol. The van der Waals surface area contributed by atoms with Crippen molar-refractivity contribution >= 4 is 65.1 Å². The number of rotatable bonds is 5. The largest absolute Gasteiger partial charge is 0.477 e. The van der Waals surface area contributed by atoms with Crippen LogP contribution in [0.4, 0.5) is 0 Å². The quantitative estimate of drug-likeness (QED) is 0.354. The van der Waals surface area contributed by atoms with E-state index in [2.05, 4.69) is 5.32 Å². The van der Waals surface area contributed by atoms with Crippen molar-refractivity contribution in [2.45, 2.75) is 24.8 Å². The van der Waals surface area contributed by atoms with Crippen LogP contribution in [0.2, 0.25) is 0 Å². The summed E-state index contributed by atoms with van der Waals surface area (Å²) in [5.74, 6) is -2.74. The van der Waals surface area contributed by atoms with Gasteiger partial charge in [-0.1, -0.05) is 0 Å². The summed E-state index contributed by atoms with van der Waals surface area (Å²) in [5, 5.41) is 19.7. The zero-order valence-electron chi connectivity index (χ0n) is 13.1. The molecule has 2 N–H and O–H groups in total. The first-order valence-corrected chi connectivity index (χ1v) is 7.61. The van der Waals surface area contributed by atoms with Crippen LogP contribution >= 0.6 is 11.8 Å². The molecule has 0 aromatic carbocycles. The van der Waals surface area contributed by atoms with Crippen molar-refractivity contribution in [3.63, 3.8) is 0 Å². The van der Waals surface area contributed by atoms with E-state index in [9.17, 15) is 24.3 Å². The summed E-state index contributed by atoms with van der Waals surface area (Å²) >= 11 is 1.26. The number of nitrogens with zero attached hydrogens (tertiary/aromatic N) is 2. The Morgan fingerprint density at radius 1 is 1.50 bits per heavy atom. The van der Waals surface area contributed by atoms with Gasteiger partial charge in [0.2, 0.25) is 5.91 Å². The van der Waals surface area contributed by atoms with Gasteiger partial charge >= 0.3 is 11.9 Å². The van der Waals surface area contributed by atoms with Crippen molar-refractivity contribution in [2.24, 2.45) is 0 Å². The number of hydrogen-bond acceptors (Lipinski definition) is 7. The van der Waals surface area contributed by atoms with E-state index in [0.29, 0.717) is 5.57 Å². The van der Waals surface area contributed by atoms with E-state index in [1.54, 1.807) is 6.07 Å². The standard InChI is InChI=1S/C13H13N3O6S.Na/c1-6(17)22-4-7-5-23-12-9(15-8(18)2-3-14)11(19)16(12)10(7)13(20)21;/h9,12H,2,4-5H2,1H3,(H,15,18)(H,20,21);/t9-,12-;/m1./s1. The Balaban J connectivity index is 0.00000288. The van der Waals surface area contributed by atoms with E-state index < -0.39 is 35.2 Å². The van der Waals surface area contributed by atoms with Crippen molar-refractivity contribution < 1.29 is 29.0 Å². The maximum atomic E-state index is 12.1. The summed E-state index contributed by atoms with van der Waals surface area (Å²) in [6.07, 6.45) is -0.375. The summed E-state index contributed by atoms with van der Waals surface area (Å²) < 4.78 is 4.81. The minimum atomic E-state index is -1.30. The minimum Gasteiger partial charge on any atom is -0.477 e. The molecule has 123 valence electrons. The number of hydrogen-bond donors (Lipinski definition) is 2. The molecule has 1 radical (unpaired) electrons. The van der Waals surface area contributed by atoms with E-state index in [0.717, 1.165) is 4.90 Å². The summed E-state index contributed by atoms with van der Waals surface area (Å²) in [4.78, 5) is 47.0. The number of esters is 1. The van der Waals surface area contributed by atoms with Crippen molar-refractivity contribution in [2.75, 3.05) is 12.4 Å². The fourth-order valence-corrected chi connectivity index (χ4v) is 3.61. The second-order valence-corrected chi connectivity index (χ2v) is 5.93. The SMILES string of the molecule is CC(=O)OCC1=C(C(=O)O)N2C(=O)[C@@H](NC(=O)CC#N)[C@H]2SC1.[Na]. The van der Waals surface area contributed by atoms with E-state index >= 15 is 0 Å². The van der Waals surface area contributed by atoms with Crippen LogP contribution in [0.3, 0.4) is 0 Å². The van der Waals surface area contributed by atoms with Crippen molar-refractivity contribution in [1.29, 1.82) is 5.26 Å². The van der Waals surface area contributed by atoms with Crippen LogP contribution < -0.4 is 5.32 Å². The van der Waals surface area contributed by atoms with E-state index in [-0.39, 0.29) is 54.0 Å². The molecule has 0 spiro atoms. The van der Waals surface area contributed by atoms with Gasteiger partial charge in [0.05, 0.1) is 6.07 Å². The number of nitrogens with one attached hydrogen (secondary N) is 1. The number of ether oxygens (including phenoxy) is 1. The molecule has 24 heavy (non-hydrogen) atoms. The summed E-state index contributed by atoms with van der Waals surface area (Å²) in [6.45, 7) is 1.00. The van der Waals surface area contributed by atoms with Gasteiger partial charge < -0.3 is 15.2 Å². The van der Waals surface area contributed by atoms with Gasteiger partial charge in [-0.05, 0) is 0 Å². The van der Waals surface area contributed by atoms with Gasteiger partial charge in [-0.25, -0.2) is 4.79 Å². The number of nitriles is 1. The van der Waals surface area contributed by atoms with Gasteiger partial charge in [-0.15, -0.1) is 11.8 Å². The average molecular weight is 362 g/mol. The molecule has 2 aliphatic rings. The smallest absolute Gasteiger partial charge is 0.352 e. The number of amides is 2. The van der Waals surface area contributed by atoms with Crippen LogP contribution in [0.25, 0.3) is 0 Å². The van der Waals surface area contributed by atoms with Gasteiger partial charge in [0.25, 0.3) is 5.91 Å². The van der Waals surface area contributed by atoms with E-state index in [4.69, 9.17) is 10.00 Å². The third-order valence-electron chi connectivity index (χ3n) is 3.26. The number of fused-ring (bicyclic) bond motifs is 1. The molecule has 2 aliphatic heterocycles. The predicted octanol–water partition coefficient (Wildman–Crippen LogP) is -1.18. The summed E-state index contributed by atoms with van der Waals surface area (Å²) in [7, 11) is 0. The molecule has 9 nitrogen and oxygen atoms in total. The number of carbonyl (C=O) groups is 4. The van der Waals surface area contributed by atoms with Crippen molar-refractivity contribution in [3.05, 3.63) is 11.3 Å². The topological polar surface area (TPSA) is 137 Å². The van der Waals surface area contributed by atoms with E-state index in [1.165, 1.54) is 18.7 Å². The summed E-state index contributed by atoms with van der Waals surface area (Å²) in [5.41, 5.74) is 0.106. The number of β-lactam (4-membered cyclic amide) rings is 1. The number of carboxylic acid groups (broad SMARTS) is 1. The van der Waals surface area contributed by atoms with Crippen LogP contribution in [0.15, 0.2) is 11.3 Å². The number of carboxylic acids is 1. The minimum absolute atomic E-state index is 0. The molecule has 0 unspecified atom stereocenters. The average Bonchev–Trinajstić information content (AvgIpc) is 2.49. The number of carbonyl (C=O) groups excluding carboxylic acids is 3. The van der Waals surface area contributed by atoms with Crippen LogP contribution in [0.5, 0.6) is 0 Å². The third kappa shape index (κ3) is 4.10. The molecule has 0 aromatic rings. The molecule has 0 bridgehead atoms. The first-order chi connectivity index (χ1) is 10.9. The summed E-state index contributed by atoms with van der Waals surface area (Å²) in [6, 6.07) is 0.818. The van der Waals surface area contributed by atoms with Crippen molar-refractivity contribution in [1.82, 2.24) is 10.2 Å². The van der Waals surface area contributed by atoms with Crippen molar-refractivity contribution in [3.8, 4) is 6.07 Å². The fraction of sp³-hybridized carbons (Fsp3) is 0.462. The zero-order valence-corrected chi connectivity index (χ0v) is 15.9. The Labute approximate surface area is 163 Å². The fourth-order valence-electron chi connectivity index (χ4n) is 2.28. The van der Waals surface area contributed by atoms with Crippen LogP contribution in [-0.4, -0.2) is 87.1 Å². The Kier molecular flexibility index (Phi) is 7.28. The molecule has 2 rings (SSSR count). The third-order valence-corrected chi connectivity index (χ3v) is 4.60. The number of thioether (sulfide) groups is 1. The molecule has 1 saturated heterocycles. The molecule has 0 aromatic heterocycles. The Bertz CT molecular complexity index is 659. The molecule has 0 saturated carbocycles. The molecule has 0 aliphatic carbocycles. The first-order valence-electron chi connectivity index (χ1n) is 6.56. The molecule has 2 amide bonds. The van der Waals surface area contributed by atoms with Gasteiger partial charge in [-0.3, -0.25) is 19.3 Å². The number of aliphatic carboxylic acids is 1. The molecular weight excluding hydrogens is 349 g/mol. The molecule has 1 fully saturated rings. The van der Waals surface area contributed by atoms with Gasteiger partial charge in [0.15, 0.2) is 0 Å². The van der Waals surface area contributed by atoms with Crippen LogP contribution in [-0.2, 0) is 23.9 Å². The normalized spacial score (nSPS) is 21.7. The second-order valence-electron chi connectivity index (χ2n) is 4.83. The predicted molar refractivity (Wildman–Crippen MR) is 82.3 cm³/mol. The Morgan fingerprint density at radius 3 is 2.71 bits per heavy atom. The molecule has 2 atom stereocenters. The molecule has 11 heteroatoms. The van der Waals surface area contributed by atoms with E-state index in [1.807, 2.05) is 0 Å². The maximum Gasteiger partial charge on any atom is 0.352 e. The molecular formula is C13H13N3NaO6S. The van der Waals surface area contributed by atoms with Crippen LogP contribution in [0.1, 0.15) is 13.3 Å². The van der Waals surface area contributed by atoms with Gasteiger partial charge in [0.1, 0.15) is 30.1 Å². The molecule has 2 heterocycles. The Hall–Kier alpha value is -1.54. The second kappa shape index (κ2) is 8.53. The van der Waals surface area contributed by atoms with Gasteiger partial charge in [0, 0.05) is 47.8 Å². The first kappa shape index (κ1) is 20.5. The maximum absolute atomic E-state index is 12.1. The zero-order chi connectivity index (χ0) is 17.1.